The lowest BCUT2D eigenvalue weighted by Gasteiger charge is -2.06. The van der Waals surface area contributed by atoms with Gasteiger partial charge in [-0.25, -0.2) is 8.78 Å². The molecular weight excluding hydrogens is 218 g/mol. The molecule has 0 saturated heterocycles. The van der Waals surface area contributed by atoms with Crippen LogP contribution in [0.4, 0.5) is 14.5 Å². The van der Waals surface area contributed by atoms with Gasteiger partial charge in [0.1, 0.15) is 0 Å². The van der Waals surface area contributed by atoms with Gasteiger partial charge in [0, 0.05) is 24.1 Å². The van der Waals surface area contributed by atoms with E-state index in [2.05, 4.69) is 0 Å². The summed E-state index contributed by atoms with van der Waals surface area (Å²) >= 11 is 0. The summed E-state index contributed by atoms with van der Waals surface area (Å²) in [5.74, 6) is 0. The summed E-state index contributed by atoms with van der Waals surface area (Å²) in [4.78, 5) is 9.81. The number of non-ortho nitro benzene ring substituents is 1. The smallest absolute Gasteiger partial charge is 0.258 e. The number of aryl methyl sites for hydroxylation is 1. The van der Waals surface area contributed by atoms with Crippen LogP contribution in [0, 0.1) is 21.4 Å². The SMILES string of the molecule is N#CCCc1cc([N+](=O)[O-])ccc1C(F)F. The predicted octanol–water partition coefficient (Wildman–Crippen LogP) is 2.99. The van der Waals surface area contributed by atoms with Crippen LogP contribution in [0.15, 0.2) is 18.2 Å². The van der Waals surface area contributed by atoms with E-state index in [4.69, 9.17) is 5.26 Å². The molecule has 0 fully saturated rings. The minimum absolute atomic E-state index is 0.0564. The molecule has 0 aliphatic carbocycles. The van der Waals surface area contributed by atoms with E-state index in [9.17, 15) is 18.9 Å². The fraction of sp³-hybridized carbons (Fsp3) is 0.300. The first-order valence-corrected chi connectivity index (χ1v) is 4.48. The number of nitro groups is 1. The normalized spacial score (nSPS) is 10.1. The average molecular weight is 226 g/mol. The van der Waals surface area contributed by atoms with E-state index in [1.54, 1.807) is 0 Å². The van der Waals surface area contributed by atoms with Gasteiger partial charge in [0.15, 0.2) is 0 Å². The molecule has 0 heterocycles. The Morgan fingerprint density at radius 3 is 2.69 bits per heavy atom. The third-order valence-corrected chi connectivity index (χ3v) is 2.08. The summed E-state index contributed by atoms with van der Waals surface area (Å²) in [6.07, 6.45) is -2.53. The molecule has 84 valence electrons. The van der Waals surface area contributed by atoms with Crippen molar-refractivity contribution in [3.63, 3.8) is 0 Å². The lowest BCUT2D eigenvalue weighted by molar-refractivity contribution is -0.384. The molecule has 0 N–H and O–H groups in total. The van der Waals surface area contributed by atoms with E-state index >= 15 is 0 Å². The Hall–Kier alpha value is -2.03. The monoisotopic (exact) mass is 226 g/mol. The van der Waals surface area contributed by atoms with E-state index in [1.807, 2.05) is 6.07 Å². The fourth-order valence-corrected chi connectivity index (χ4v) is 1.33. The Kier molecular flexibility index (Phi) is 3.89. The molecule has 0 atom stereocenters. The first kappa shape index (κ1) is 12.0. The summed E-state index contributed by atoms with van der Waals surface area (Å²) in [6, 6.07) is 4.99. The number of hydrogen-bond donors (Lipinski definition) is 0. The number of benzene rings is 1. The minimum Gasteiger partial charge on any atom is -0.258 e. The molecule has 0 aliphatic rings. The standard InChI is InChI=1S/C10H8F2N2O2/c11-10(12)9-4-3-8(14(15)16)6-7(9)2-1-5-13/h3-4,6,10H,1-2H2. The first-order chi connectivity index (χ1) is 7.56. The molecular formula is C10H8F2N2O2. The predicted molar refractivity (Wildman–Crippen MR) is 52.0 cm³/mol. The highest BCUT2D eigenvalue weighted by molar-refractivity contribution is 5.40. The van der Waals surface area contributed by atoms with Crippen molar-refractivity contribution in [2.45, 2.75) is 19.3 Å². The van der Waals surface area contributed by atoms with Gasteiger partial charge < -0.3 is 0 Å². The van der Waals surface area contributed by atoms with E-state index in [-0.39, 0.29) is 29.7 Å². The van der Waals surface area contributed by atoms with Crippen molar-refractivity contribution in [1.29, 1.82) is 5.26 Å². The number of halogens is 2. The molecule has 0 spiro atoms. The lowest BCUT2D eigenvalue weighted by Crippen LogP contribution is -1.97. The molecule has 4 nitrogen and oxygen atoms in total. The van der Waals surface area contributed by atoms with Gasteiger partial charge in [-0.15, -0.1) is 0 Å². The molecule has 0 amide bonds. The van der Waals surface area contributed by atoms with Crippen molar-refractivity contribution in [3.8, 4) is 6.07 Å². The second-order valence-electron chi connectivity index (χ2n) is 3.10. The minimum atomic E-state index is -2.69. The lowest BCUT2D eigenvalue weighted by atomic mass is 10.0. The zero-order valence-electron chi connectivity index (χ0n) is 8.19. The number of nitriles is 1. The summed E-state index contributed by atoms with van der Waals surface area (Å²) in [6.45, 7) is 0. The maximum absolute atomic E-state index is 12.5. The Morgan fingerprint density at radius 2 is 2.19 bits per heavy atom. The maximum atomic E-state index is 12.5. The van der Waals surface area contributed by atoms with E-state index < -0.39 is 11.3 Å². The number of nitro benzene ring substituents is 1. The van der Waals surface area contributed by atoms with Crippen LogP contribution >= 0.6 is 0 Å². The van der Waals surface area contributed by atoms with Gasteiger partial charge in [-0.05, 0) is 18.1 Å². The maximum Gasteiger partial charge on any atom is 0.269 e. The highest BCUT2D eigenvalue weighted by Gasteiger charge is 2.16. The van der Waals surface area contributed by atoms with Crippen LogP contribution in [0.5, 0.6) is 0 Å². The third-order valence-electron chi connectivity index (χ3n) is 2.08. The van der Waals surface area contributed by atoms with Crippen LogP contribution in [-0.2, 0) is 6.42 Å². The molecule has 16 heavy (non-hydrogen) atoms. The van der Waals surface area contributed by atoms with Gasteiger partial charge in [-0.3, -0.25) is 10.1 Å². The highest BCUT2D eigenvalue weighted by atomic mass is 19.3. The fourth-order valence-electron chi connectivity index (χ4n) is 1.33. The Labute approximate surface area is 90.3 Å². The molecule has 0 unspecified atom stereocenters. The summed E-state index contributed by atoms with van der Waals surface area (Å²) in [7, 11) is 0. The second-order valence-corrected chi connectivity index (χ2v) is 3.10. The Bertz CT molecular complexity index is 441. The molecule has 0 bridgehead atoms. The van der Waals surface area contributed by atoms with Gasteiger partial charge in [0.2, 0.25) is 0 Å². The molecule has 1 aromatic carbocycles. The molecule has 0 radical (unpaired) electrons. The molecule has 1 rings (SSSR count). The highest BCUT2D eigenvalue weighted by Crippen LogP contribution is 2.27. The van der Waals surface area contributed by atoms with Crippen LogP contribution in [0.1, 0.15) is 24.0 Å². The van der Waals surface area contributed by atoms with Crippen LogP contribution in [0.3, 0.4) is 0 Å². The van der Waals surface area contributed by atoms with Crippen LogP contribution in [-0.4, -0.2) is 4.92 Å². The van der Waals surface area contributed by atoms with E-state index in [0.717, 1.165) is 18.2 Å². The van der Waals surface area contributed by atoms with Crippen molar-refractivity contribution >= 4 is 5.69 Å². The van der Waals surface area contributed by atoms with Crippen LogP contribution in [0.25, 0.3) is 0 Å². The quantitative estimate of drug-likeness (QED) is 0.585. The molecule has 1 aromatic rings. The zero-order valence-corrected chi connectivity index (χ0v) is 8.19. The van der Waals surface area contributed by atoms with Crippen molar-refractivity contribution in [1.82, 2.24) is 0 Å². The number of rotatable bonds is 4. The average Bonchev–Trinajstić information content (AvgIpc) is 2.25. The Balaban J connectivity index is 3.11. The number of nitrogens with zero attached hydrogens (tertiary/aromatic N) is 2. The van der Waals surface area contributed by atoms with Crippen molar-refractivity contribution in [2.75, 3.05) is 0 Å². The topological polar surface area (TPSA) is 66.9 Å². The summed E-state index contributed by atoms with van der Waals surface area (Å²) in [5.41, 5.74) is -0.330. The van der Waals surface area contributed by atoms with Crippen LogP contribution < -0.4 is 0 Å². The summed E-state index contributed by atoms with van der Waals surface area (Å²) < 4.78 is 25.1. The molecule has 0 aliphatic heterocycles. The molecule has 0 saturated carbocycles. The molecule has 0 aromatic heterocycles. The number of hydrogen-bond acceptors (Lipinski definition) is 3. The van der Waals surface area contributed by atoms with Gasteiger partial charge in [0.25, 0.3) is 12.1 Å². The largest absolute Gasteiger partial charge is 0.269 e. The van der Waals surface area contributed by atoms with Crippen LogP contribution in [0.2, 0.25) is 0 Å². The van der Waals surface area contributed by atoms with Gasteiger partial charge in [-0.1, -0.05) is 0 Å². The third kappa shape index (κ3) is 2.73. The summed E-state index contributed by atoms with van der Waals surface area (Å²) in [5, 5.41) is 18.8. The number of alkyl halides is 2. The van der Waals surface area contributed by atoms with E-state index in [1.165, 1.54) is 0 Å². The van der Waals surface area contributed by atoms with E-state index in [0.29, 0.717) is 0 Å². The van der Waals surface area contributed by atoms with Crippen molar-refractivity contribution in [3.05, 3.63) is 39.4 Å². The van der Waals surface area contributed by atoms with Gasteiger partial charge in [-0.2, -0.15) is 5.26 Å². The van der Waals surface area contributed by atoms with Gasteiger partial charge >= 0.3 is 0 Å². The van der Waals surface area contributed by atoms with Gasteiger partial charge in [0.05, 0.1) is 11.0 Å². The zero-order chi connectivity index (χ0) is 12.1. The first-order valence-electron chi connectivity index (χ1n) is 4.48. The van der Waals surface area contributed by atoms with Crippen molar-refractivity contribution < 1.29 is 13.7 Å². The van der Waals surface area contributed by atoms with Crippen molar-refractivity contribution in [2.24, 2.45) is 0 Å². The molecule has 6 heteroatoms. The Morgan fingerprint density at radius 1 is 1.50 bits per heavy atom. The second kappa shape index (κ2) is 5.16.